The molecule has 0 aromatic heterocycles. The van der Waals surface area contributed by atoms with Crippen molar-refractivity contribution in [2.24, 2.45) is 5.73 Å². The van der Waals surface area contributed by atoms with E-state index in [1.807, 2.05) is 6.07 Å². The molecule has 0 aliphatic heterocycles. The molecule has 1 aromatic carbocycles. The van der Waals surface area contributed by atoms with E-state index in [4.69, 9.17) is 5.73 Å². The quantitative estimate of drug-likeness (QED) is 0.700. The Hall–Kier alpha value is -1.40. The average molecular weight is 326 g/mol. The molecule has 0 saturated heterocycles. The van der Waals surface area contributed by atoms with Crippen LogP contribution in [-0.4, -0.2) is 30.4 Å². The van der Waals surface area contributed by atoms with Crippen molar-refractivity contribution in [3.8, 4) is 0 Å². The van der Waals surface area contributed by atoms with E-state index in [0.29, 0.717) is 18.7 Å². The van der Waals surface area contributed by atoms with E-state index in [-0.39, 0.29) is 11.8 Å². The molecule has 2 rings (SSSR count). The van der Waals surface area contributed by atoms with Gasteiger partial charge in [-0.1, -0.05) is 22.0 Å². The number of amides is 2. The zero-order valence-corrected chi connectivity index (χ0v) is 12.0. The van der Waals surface area contributed by atoms with Gasteiger partial charge in [0, 0.05) is 23.1 Å². The molecule has 0 spiro atoms. The van der Waals surface area contributed by atoms with Crippen LogP contribution in [-0.2, 0) is 4.79 Å². The number of hydrogen-bond acceptors (Lipinski definition) is 3. The summed E-state index contributed by atoms with van der Waals surface area (Å²) in [6.45, 7) is 0.769. The van der Waals surface area contributed by atoms with Crippen LogP contribution in [0.15, 0.2) is 28.7 Å². The van der Waals surface area contributed by atoms with Crippen LogP contribution in [0.3, 0.4) is 0 Å². The summed E-state index contributed by atoms with van der Waals surface area (Å²) in [5.41, 5.74) is 5.66. The highest BCUT2D eigenvalue weighted by Crippen LogP contribution is 2.31. The van der Waals surface area contributed by atoms with Crippen molar-refractivity contribution in [3.63, 3.8) is 0 Å². The molecule has 102 valence electrons. The molecule has 0 radical (unpaired) electrons. The average Bonchev–Trinajstić information content (AvgIpc) is 3.13. The Morgan fingerprint density at radius 1 is 1.26 bits per heavy atom. The molecule has 1 saturated carbocycles. The molecule has 1 aliphatic carbocycles. The smallest absolute Gasteiger partial charge is 0.251 e. The van der Waals surface area contributed by atoms with Gasteiger partial charge in [-0.25, -0.2) is 0 Å². The Labute approximate surface area is 120 Å². The molecule has 1 fully saturated rings. The summed E-state index contributed by atoms with van der Waals surface area (Å²) in [7, 11) is 0. The van der Waals surface area contributed by atoms with Crippen LogP contribution in [0.2, 0.25) is 0 Å². The third-order valence-corrected chi connectivity index (χ3v) is 3.52. The number of nitrogens with one attached hydrogen (secondary N) is 2. The maximum absolute atomic E-state index is 11.8. The van der Waals surface area contributed by atoms with E-state index in [2.05, 4.69) is 26.6 Å². The van der Waals surface area contributed by atoms with Gasteiger partial charge in [0.05, 0.1) is 5.54 Å². The van der Waals surface area contributed by atoms with Crippen molar-refractivity contribution in [1.29, 1.82) is 0 Å². The van der Waals surface area contributed by atoms with Gasteiger partial charge in [0.2, 0.25) is 5.91 Å². The predicted octanol–water partition coefficient (Wildman–Crippen LogP) is 0.786. The van der Waals surface area contributed by atoms with Gasteiger partial charge in [-0.3, -0.25) is 9.59 Å². The first-order valence-corrected chi connectivity index (χ1v) is 6.91. The number of carbonyl (C=O) groups excluding carboxylic acids is 2. The number of carbonyl (C=O) groups is 2. The summed E-state index contributed by atoms with van der Waals surface area (Å²) in [6, 6.07) is 7.13. The van der Waals surface area contributed by atoms with Gasteiger partial charge in [0.25, 0.3) is 5.91 Å². The summed E-state index contributed by atoms with van der Waals surface area (Å²) in [5, 5.41) is 5.45. The van der Waals surface area contributed by atoms with Crippen molar-refractivity contribution < 1.29 is 9.59 Å². The maximum Gasteiger partial charge on any atom is 0.251 e. The maximum atomic E-state index is 11.8. The first-order valence-electron chi connectivity index (χ1n) is 6.12. The van der Waals surface area contributed by atoms with Crippen molar-refractivity contribution in [2.45, 2.75) is 18.4 Å². The first-order chi connectivity index (χ1) is 9.01. The second kappa shape index (κ2) is 5.71. The molecule has 0 atom stereocenters. The van der Waals surface area contributed by atoms with Crippen molar-refractivity contribution in [2.75, 3.05) is 13.1 Å². The number of nitrogens with two attached hydrogens (primary N) is 1. The summed E-state index contributed by atoms with van der Waals surface area (Å²) >= 11 is 3.31. The highest BCUT2D eigenvalue weighted by molar-refractivity contribution is 9.10. The lowest BCUT2D eigenvalue weighted by Gasteiger charge is -2.10. The Morgan fingerprint density at radius 3 is 2.58 bits per heavy atom. The van der Waals surface area contributed by atoms with Crippen LogP contribution in [0, 0.1) is 0 Å². The molecule has 1 aliphatic rings. The molecular formula is C13H16BrN3O2. The van der Waals surface area contributed by atoms with E-state index in [1.165, 1.54) is 0 Å². The van der Waals surface area contributed by atoms with E-state index in [0.717, 1.165) is 17.3 Å². The van der Waals surface area contributed by atoms with Gasteiger partial charge in [-0.2, -0.15) is 0 Å². The topological polar surface area (TPSA) is 84.2 Å². The van der Waals surface area contributed by atoms with Crippen LogP contribution in [0.4, 0.5) is 0 Å². The number of hydrogen-bond donors (Lipinski definition) is 3. The molecule has 4 N–H and O–H groups in total. The fraction of sp³-hybridized carbons (Fsp3) is 0.385. The van der Waals surface area contributed by atoms with Crippen molar-refractivity contribution >= 4 is 27.7 Å². The molecule has 1 aromatic rings. The van der Waals surface area contributed by atoms with Crippen LogP contribution in [0.5, 0.6) is 0 Å². The molecule has 19 heavy (non-hydrogen) atoms. The van der Waals surface area contributed by atoms with Crippen molar-refractivity contribution in [3.05, 3.63) is 34.3 Å². The Bertz CT molecular complexity index is 500. The number of halogens is 1. The zero-order valence-electron chi connectivity index (χ0n) is 10.4. The third-order valence-electron chi connectivity index (χ3n) is 3.02. The zero-order chi connectivity index (χ0) is 13.9. The highest BCUT2D eigenvalue weighted by Gasteiger charge is 2.45. The minimum atomic E-state index is -0.658. The second-order valence-electron chi connectivity index (χ2n) is 4.68. The largest absolute Gasteiger partial charge is 0.353 e. The van der Waals surface area contributed by atoms with Crippen molar-refractivity contribution in [1.82, 2.24) is 10.6 Å². The molecule has 2 amide bonds. The van der Waals surface area contributed by atoms with Crippen LogP contribution >= 0.6 is 15.9 Å². The standard InChI is InChI=1S/C13H16BrN3O2/c14-10-3-1-2-9(8-10)11(18)16-6-7-17-12(19)13(15)4-5-13/h1-3,8H,4-7,15H2,(H,16,18)(H,17,19). The summed E-state index contributed by atoms with van der Waals surface area (Å²) in [5.74, 6) is -0.298. The SMILES string of the molecule is NC1(C(=O)NCCNC(=O)c2cccc(Br)c2)CC1. The van der Waals surface area contributed by atoms with Gasteiger partial charge in [-0.05, 0) is 31.0 Å². The molecule has 5 nitrogen and oxygen atoms in total. The molecule has 6 heteroatoms. The Balaban J connectivity index is 1.71. The minimum absolute atomic E-state index is 0.135. The van der Waals surface area contributed by atoms with E-state index < -0.39 is 5.54 Å². The van der Waals surface area contributed by atoms with E-state index >= 15 is 0 Å². The fourth-order valence-corrected chi connectivity index (χ4v) is 2.02. The molecule has 0 heterocycles. The molecule has 0 bridgehead atoms. The lowest BCUT2D eigenvalue weighted by atomic mass is 10.2. The fourth-order valence-electron chi connectivity index (χ4n) is 1.62. The predicted molar refractivity (Wildman–Crippen MR) is 75.6 cm³/mol. The van der Waals surface area contributed by atoms with E-state index in [1.54, 1.807) is 18.2 Å². The van der Waals surface area contributed by atoms with Gasteiger partial charge in [0.15, 0.2) is 0 Å². The number of benzene rings is 1. The van der Waals surface area contributed by atoms with Crippen LogP contribution in [0.25, 0.3) is 0 Å². The van der Waals surface area contributed by atoms with Crippen LogP contribution < -0.4 is 16.4 Å². The molecular weight excluding hydrogens is 310 g/mol. The first kappa shape index (κ1) is 14.0. The lowest BCUT2D eigenvalue weighted by molar-refractivity contribution is -0.123. The van der Waals surface area contributed by atoms with E-state index in [9.17, 15) is 9.59 Å². The van der Waals surface area contributed by atoms with Gasteiger partial charge >= 0.3 is 0 Å². The van der Waals surface area contributed by atoms with Gasteiger partial charge < -0.3 is 16.4 Å². The minimum Gasteiger partial charge on any atom is -0.353 e. The second-order valence-corrected chi connectivity index (χ2v) is 5.59. The Kier molecular flexibility index (Phi) is 4.21. The number of rotatable bonds is 5. The Morgan fingerprint density at radius 2 is 1.95 bits per heavy atom. The highest BCUT2D eigenvalue weighted by atomic mass is 79.9. The summed E-state index contributed by atoms with van der Waals surface area (Å²) < 4.78 is 0.854. The third kappa shape index (κ3) is 3.78. The van der Waals surface area contributed by atoms with Crippen LogP contribution in [0.1, 0.15) is 23.2 Å². The lowest BCUT2D eigenvalue weighted by Crippen LogP contribution is -2.45. The van der Waals surface area contributed by atoms with Gasteiger partial charge in [-0.15, -0.1) is 0 Å². The summed E-state index contributed by atoms with van der Waals surface area (Å²) in [4.78, 5) is 23.3. The van der Waals surface area contributed by atoms with Gasteiger partial charge in [0.1, 0.15) is 0 Å². The summed E-state index contributed by atoms with van der Waals surface area (Å²) in [6.07, 6.45) is 1.48. The monoisotopic (exact) mass is 325 g/mol. The molecule has 0 unspecified atom stereocenters. The normalized spacial score (nSPS) is 15.7.